The molecule has 88 valence electrons. The minimum absolute atomic E-state index is 0.340. The first kappa shape index (κ1) is 11.4. The van der Waals surface area contributed by atoms with Crippen LogP contribution in [0.15, 0.2) is 42.9 Å². The van der Waals surface area contributed by atoms with Gasteiger partial charge in [0, 0.05) is 5.69 Å². The summed E-state index contributed by atoms with van der Waals surface area (Å²) in [6.45, 7) is 2.39. The Bertz CT molecular complexity index is 491. The topological polar surface area (TPSA) is 44.1 Å². The summed E-state index contributed by atoms with van der Waals surface area (Å²) in [7, 11) is 0. The predicted molar refractivity (Wildman–Crippen MR) is 64.1 cm³/mol. The van der Waals surface area contributed by atoms with Gasteiger partial charge in [0.25, 0.3) is 0 Å². The number of imidazole rings is 1. The second-order valence-electron chi connectivity index (χ2n) is 3.62. The summed E-state index contributed by atoms with van der Waals surface area (Å²) < 4.78 is 6.82. The van der Waals surface area contributed by atoms with Crippen molar-refractivity contribution in [2.75, 3.05) is 6.61 Å². The molecule has 1 aromatic heterocycles. The number of para-hydroxylation sites is 1. The third-order valence-corrected chi connectivity index (χ3v) is 2.32. The molecule has 0 saturated heterocycles. The highest BCUT2D eigenvalue weighted by Crippen LogP contribution is 2.11. The lowest BCUT2D eigenvalue weighted by Crippen LogP contribution is -2.11. The largest absolute Gasteiger partial charge is 0.461 e. The third kappa shape index (κ3) is 2.53. The molecule has 0 unspecified atom stereocenters. The highest BCUT2D eigenvalue weighted by molar-refractivity contribution is 5.88. The highest BCUT2D eigenvalue weighted by atomic mass is 16.5. The minimum atomic E-state index is -0.340. The molecule has 0 bridgehead atoms. The number of benzene rings is 1. The van der Waals surface area contributed by atoms with E-state index in [1.165, 1.54) is 6.20 Å². The quantitative estimate of drug-likeness (QED) is 0.758. The third-order valence-electron chi connectivity index (χ3n) is 2.32. The Kier molecular flexibility index (Phi) is 3.55. The van der Waals surface area contributed by atoms with Gasteiger partial charge in [-0.3, -0.25) is 4.57 Å². The van der Waals surface area contributed by atoms with Gasteiger partial charge in [0.2, 0.25) is 0 Å². The van der Waals surface area contributed by atoms with Crippen LogP contribution in [-0.4, -0.2) is 22.1 Å². The van der Waals surface area contributed by atoms with Crippen molar-refractivity contribution < 1.29 is 9.53 Å². The maximum atomic E-state index is 11.8. The van der Waals surface area contributed by atoms with Gasteiger partial charge < -0.3 is 4.74 Å². The van der Waals surface area contributed by atoms with Crippen LogP contribution in [0.3, 0.4) is 0 Å². The van der Waals surface area contributed by atoms with Crippen LogP contribution in [0.25, 0.3) is 5.69 Å². The van der Waals surface area contributed by atoms with Crippen molar-refractivity contribution in [3.63, 3.8) is 0 Å². The van der Waals surface area contributed by atoms with Gasteiger partial charge in [-0.1, -0.05) is 25.1 Å². The maximum absolute atomic E-state index is 11.8. The van der Waals surface area contributed by atoms with Crippen molar-refractivity contribution in [2.24, 2.45) is 0 Å². The molecule has 0 fully saturated rings. The number of carbonyl (C=O) groups excluding carboxylic acids is 1. The molecule has 17 heavy (non-hydrogen) atoms. The van der Waals surface area contributed by atoms with Gasteiger partial charge in [0.15, 0.2) is 5.69 Å². The van der Waals surface area contributed by atoms with Crippen molar-refractivity contribution in [3.8, 4) is 5.69 Å². The van der Waals surface area contributed by atoms with Gasteiger partial charge in [-0.05, 0) is 18.6 Å². The Morgan fingerprint density at radius 2 is 2.12 bits per heavy atom. The number of hydrogen-bond donors (Lipinski definition) is 0. The molecular weight excluding hydrogens is 216 g/mol. The smallest absolute Gasteiger partial charge is 0.356 e. The highest BCUT2D eigenvalue weighted by Gasteiger charge is 2.13. The first-order valence-electron chi connectivity index (χ1n) is 5.58. The van der Waals surface area contributed by atoms with Gasteiger partial charge >= 0.3 is 5.97 Å². The van der Waals surface area contributed by atoms with Crippen LogP contribution in [0, 0.1) is 0 Å². The second kappa shape index (κ2) is 5.30. The molecule has 2 rings (SSSR count). The van der Waals surface area contributed by atoms with E-state index < -0.39 is 0 Å². The number of ether oxygens (including phenoxy) is 1. The van der Waals surface area contributed by atoms with E-state index >= 15 is 0 Å². The fourth-order valence-corrected chi connectivity index (χ4v) is 1.51. The molecule has 0 amide bonds. The Morgan fingerprint density at radius 3 is 2.82 bits per heavy atom. The normalized spacial score (nSPS) is 10.2. The lowest BCUT2D eigenvalue weighted by molar-refractivity contribution is 0.0495. The Morgan fingerprint density at radius 1 is 1.35 bits per heavy atom. The zero-order chi connectivity index (χ0) is 12.1. The molecule has 1 aromatic carbocycles. The van der Waals surface area contributed by atoms with E-state index in [1.54, 1.807) is 10.9 Å². The molecule has 2 aromatic rings. The number of hydrogen-bond acceptors (Lipinski definition) is 3. The fraction of sp³-hybridized carbons (Fsp3) is 0.231. The summed E-state index contributed by atoms with van der Waals surface area (Å²) in [6.07, 6.45) is 3.94. The zero-order valence-corrected chi connectivity index (χ0v) is 9.67. The van der Waals surface area contributed by atoms with Crippen molar-refractivity contribution in [2.45, 2.75) is 13.3 Å². The van der Waals surface area contributed by atoms with E-state index in [1.807, 2.05) is 37.3 Å². The summed E-state index contributed by atoms with van der Waals surface area (Å²) in [4.78, 5) is 15.8. The number of carbonyl (C=O) groups is 1. The number of aromatic nitrogens is 2. The van der Waals surface area contributed by atoms with Gasteiger partial charge in [-0.2, -0.15) is 0 Å². The van der Waals surface area contributed by atoms with Crippen LogP contribution in [0.1, 0.15) is 23.8 Å². The van der Waals surface area contributed by atoms with Crippen LogP contribution >= 0.6 is 0 Å². The first-order valence-corrected chi connectivity index (χ1v) is 5.58. The molecule has 0 aliphatic carbocycles. The Balaban J connectivity index is 2.26. The van der Waals surface area contributed by atoms with Crippen LogP contribution in [0.5, 0.6) is 0 Å². The molecule has 0 N–H and O–H groups in total. The van der Waals surface area contributed by atoms with Crippen LogP contribution < -0.4 is 0 Å². The van der Waals surface area contributed by atoms with Crippen molar-refractivity contribution in [3.05, 3.63) is 48.5 Å². The van der Waals surface area contributed by atoms with Crippen LogP contribution in [-0.2, 0) is 4.74 Å². The Labute approximate surface area is 99.9 Å². The van der Waals surface area contributed by atoms with E-state index in [0.717, 1.165) is 12.1 Å². The van der Waals surface area contributed by atoms with Crippen molar-refractivity contribution >= 4 is 5.97 Å². The molecule has 4 nitrogen and oxygen atoms in total. The number of nitrogens with zero attached hydrogens (tertiary/aromatic N) is 2. The van der Waals surface area contributed by atoms with Crippen molar-refractivity contribution in [1.29, 1.82) is 0 Å². The standard InChI is InChI=1S/C13H14N2O2/c1-2-8-17-13(16)12-9-14-10-15(12)11-6-4-3-5-7-11/h3-7,9-10H,2,8H2,1H3. The summed E-state index contributed by atoms with van der Waals surface area (Å²) in [5, 5.41) is 0. The van der Waals surface area contributed by atoms with E-state index in [9.17, 15) is 4.79 Å². The van der Waals surface area contributed by atoms with E-state index in [-0.39, 0.29) is 5.97 Å². The second-order valence-corrected chi connectivity index (χ2v) is 3.62. The van der Waals surface area contributed by atoms with Crippen LogP contribution in [0.4, 0.5) is 0 Å². The number of esters is 1. The summed E-state index contributed by atoms with van der Waals surface area (Å²) in [5.41, 5.74) is 1.35. The van der Waals surface area contributed by atoms with E-state index in [4.69, 9.17) is 4.74 Å². The molecule has 1 heterocycles. The maximum Gasteiger partial charge on any atom is 0.356 e. The van der Waals surface area contributed by atoms with E-state index in [0.29, 0.717) is 12.3 Å². The molecular formula is C13H14N2O2. The number of rotatable bonds is 4. The molecule has 4 heteroatoms. The van der Waals surface area contributed by atoms with E-state index in [2.05, 4.69) is 4.98 Å². The van der Waals surface area contributed by atoms with Crippen LogP contribution in [0.2, 0.25) is 0 Å². The van der Waals surface area contributed by atoms with Gasteiger partial charge in [0.05, 0.1) is 19.1 Å². The average Bonchev–Trinajstić information content (AvgIpc) is 2.86. The average molecular weight is 230 g/mol. The molecule has 0 aliphatic heterocycles. The molecule has 0 aliphatic rings. The van der Waals surface area contributed by atoms with Gasteiger partial charge in [0.1, 0.15) is 0 Å². The zero-order valence-electron chi connectivity index (χ0n) is 9.67. The lowest BCUT2D eigenvalue weighted by Gasteiger charge is -2.07. The summed E-state index contributed by atoms with van der Waals surface area (Å²) in [6, 6.07) is 9.58. The summed E-state index contributed by atoms with van der Waals surface area (Å²) >= 11 is 0. The molecule has 0 saturated carbocycles. The minimum Gasteiger partial charge on any atom is -0.461 e. The molecule has 0 spiro atoms. The lowest BCUT2D eigenvalue weighted by atomic mass is 10.3. The van der Waals surface area contributed by atoms with Gasteiger partial charge in [-0.15, -0.1) is 0 Å². The predicted octanol–water partition coefficient (Wildman–Crippen LogP) is 2.44. The van der Waals surface area contributed by atoms with Crippen molar-refractivity contribution in [1.82, 2.24) is 9.55 Å². The molecule has 0 radical (unpaired) electrons. The molecule has 0 atom stereocenters. The first-order chi connectivity index (χ1) is 8.33. The monoisotopic (exact) mass is 230 g/mol. The SMILES string of the molecule is CCCOC(=O)c1cncn1-c1ccccc1. The summed E-state index contributed by atoms with van der Waals surface area (Å²) in [5.74, 6) is -0.340. The fourth-order valence-electron chi connectivity index (χ4n) is 1.51. The Hall–Kier alpha value is -2.10. The van der Waals surface area contributed by atoms with Gasteiger partial charge in [-0.25, -0.2) is 9.78 Å².